The van der Waals surface area contributed by atoms with E-state index in [2.05, 4.69) is 34.2 Å². The Hall–Kier alpha value is -2.84. The first kappa shape index (κ1) is 26.4. The molecule has 1 aromatic heterocycles. The Morgan fingerprint density at radius 2 is 1.82 bits per heavy atom. The highest BCUT2D eigenvalue weighted by Gasteiger charge is 2.55. The molecular formula is C31H42N4O4. The van der Waals surface area contributed by atoms with Crippen molar-refractivity contribution in [2.75, 3.05) is 36.0 Å². The van der Waals surface area contributed by atoms with Crippen molar-refractivity contribution in [3.63, 3.8) is 0 Å². The van der Waals surface area contributed by atoms with E-state index >= 15 is 0 Å². The molecule has 5 aliphatic rings. The summed E-state index contributed by atoms with van der Waals surface area (Å²) < 4.78 is 5.69. The molecule has 1 aromatic carbocycles. The molecule has 4 saturated carbocycles. The molecular weight excluding hydrogens is 492 g/mol. The Balaban J connectivity index is 1.07. The van der Waals surface area contributed by atoms with E-state index in [1.54, 1.807) is 13.8 Å². The lowest BCUT2D eigenvalue weighted by atomic mass is 9.52. The number of aliphatic hydroxyl groups is 2. The van der Waals surface area contributed by atoms with E-state index < -0.39 is 11.2 Å². The van der Waals surface area contributed by atoms with Crippen LogP contribution in [-0.2, 0) is 0 Å². The van der Waals surface area contributed by atoms with Gasteiger partial charge in [0.2, 0.25) is 0 Å². The Morgan fingerprint density at radius 1 is 1.10 bits per heavy atom. The number of rotatable bonds is 7. The highest BCUT2D eigenvalue weighted by Crippen LogP contribution is 2.55. The molecule has 3 atom stereocenters. The Bertz CT molecular complexity index is 1180. The van der Waals surface area contributed by atoms with E-state index in [1.165, 1.54) is 0 Å². The number of carbonyl (C=O) groups is 1. The van der Waals surface area contributed by atoms with Gasteiger partial charge in [0.15, 0.2) is 0 Å². The number of hydrogen-bond acceptors (Lipinski definition) is 7. The first-order valence-corrected chi connectivity index (χ1v) is 14.5. The summed E-state index contributed by atoms with van der Waals surface area (Å²) in [5, 5.41) is 24.1. The number of piperazine rings is 1. The second kappa shape index (κ2) is 9.97. The second-order valence-electron chi connectivity index (χ2n) is 13.2. The molecule has 1 amide bonds. The van der Waals surface area contributed by atoms with Gasteiger partial charge < -0.3 is 30.1 Å². The number of nitrogens with zero attached hydrogens (tertiary/aromatic N) is 3. The fourth-order valence-electron chi connectivity index (χ4n) is 7.70. The molecule has 39 heavy (non-hydrogen) atoms. The average molecular weight is 535 g/mol. The van der Waals surface area contributed by atoms with Gasteiger partial charge in [0.05, 0.1) is 11.2 Å². The third kappa shape index (κ3) is 5.59. The largest absolute Gasteiger partial charge is 0.491 e. The fraction of sp³-hybridized carbons (Fsp3) is 0.613. The van der Waals surface area contributed by atoms with Crippen molar-refractivity contribution in [2.45, 2.75) is 76.2 Å². The Kier molecular flexibility index (Phi) is 6.74. The van der Waals surface area contributed by atoms with Crippen LogP contribution in [0.1, 0.15) is 63.4 Å². The standard InChI is InChI=1S/C31H42N4O4/c1-20-18-34(24-7-9-25(10-8-24)39-19-30(2,3)37)11-12-35(20)27-6-4-5-26(32-27)29(36)33-28-22-13-21-14-23(28)17-31(38,15-21)16-22/h4-10,20-23,28,37-38H,11-19H2,1-3H3,(H,33,36). The Morgan fingerprint density at radius 3 is 2.46 bits per heavy atom. The van der Waals surface area contributed by atoms with Crippen LogP contribution in [0.2, 0.25) is 0 Å². The van der Waals surface area contributed by atoms with E-state index in [0.717, 1.165) is 69.0 Å². The minimum absolute atomic E-state index is 0.0977. The summed E-state index contributed by atoms with van der Waals surface area (Å²) in [7, 11) is 0. The van der Waals surface area contributed by atoms with Gasteiger partial charge in [0.1, 0.15) is 23.9 Å². The van der Waals surface area contributed by atoms with Gasteiger partial charge in [-0.3, -0.25) is 4.79 Å². The smallest absolute Gasteiger partial charge is 0.270 e. The number of nitrogens with one attached hydrogen (secondary N) is 1. The number of carbonyl (C=O) groups excluding carboxylic acids is 1. The third-order valence-corrected chi connectivity index (χ3v) is 9.22. The number of pyridine rings is 1. The first-order valence-electron chi connectivity index (χ1n) is 14.5. The minimum Gasteiger partial charge on any atom is -0.491 e. The Labute approximate surface area is 231 Å². The summed E-state index contributed by atoms with van der Waals surface area (Å²) in [4.78, 5) is 22.8. The van der Waals surface area contributed by atoms with E-state index in [4.69, 9.17) is 9.72 Å². The summed E-state index contributed by atoms with van der Waals surface area (Å²) in [5.74, 6) is 2.86. The van der Waals surface area contributed by atoms with Crippen LogP contribution in [-0.4, -0.2) is 70.6 Å². The van der Waals surface area contributed by atoms with Gasteiger partial charge >= 0.3 is 0 Å². The maximum Gasteiger partial charge on any atom is 0.270 e. The predicted molar refractivity (Wildman–Crippen MR) is 151 cm³/mol. The van der Waals surface area contributed by atoms with Crippen molar-refractivity contribution in [1.29, 1.82) is 0 Å². The molecule has 8 nitrogen and oxygen atoms in total. The van der Waals surface area contributed by atoms with Gasteiger partial charge in [0.25, 0.3) is 5.91 Å². The summed E-state index contributed by atoms with van der Waals surface area (Å²) in [6, 6.07) is 14.1. The number of aromatic nitrogens is 1. The number of ether oxygens (including phenoxy) is 1. The molecule has 2 aromatic rings. The molecule has 2 heterocycles. The number of anilines is 2. The molecule has 0 spiro atoms. The van der Waals surface area contributed by atoms with Crippen LogP contribution >= 0.6 is 0 Å². The lowest BCUT2D eigenvalue weighted by Gasteiger charge is -2.58. The predicted octanol–water partition coefficient (Wildman–Crippen LogP) is 3.62. The number of benzene rings is 1. The SMILES string of the molecule is CC1CN(c2ccc(OCC(C)(C)O)cc2)CCN1c1cccc(C(=O)NC2C3CC4CC2CC(O)(C4)C3)n1. The van der Waals surface area contributed by atoms with Crippen molar-refractivity contribution in [1.82, 2.24) is 10.3 Å². The summed E-state index contributed by atoms with van der Waals surface area (Å²) in [5.41, 5.74) is 0.241. The lowest BCUT2D eigenvalue weighted by molar-refractivity contribution is -0.136. The van der Waals surface area contributed by atoms with Crippen LogP contribution in [0.4, 0.5) is 11.5 Å². The number of amides is 1. The highest BCUT2D eigenvalue weighted by atomic mass is 16.5. The van der Waals surface area contributed by atoms with Gasteiger partial charge in [-0.15, -0.1) is 0 Å². The summed E-state index contributed by atoms with van der Waals surface area (Å²) in [6.45, 7) is 8.41. The molecule has 210 valence electrons. The van der Waals surface area contributed by atoms with E-state index in [0.29, 0.717) is 23.4 Å². The third-order valence-electron chi connectivity index (χ3n) is 9.22. The number of hydrogen-bond donors (Lipinski definition) is 3. The molecule has 1 aliphatic heterocycles. The second-order valence-corrected chi connectivity index (χ2v) is 13.2. The summed E-state index contributed by atoms with van der Waals surface area (Å²) >= 11 is 0. The first-order chi connectivity index (χ1) is 18.6. The molecule has 3 unspecified atom stereocenters. The normalized spacial score (nSPS) is 31.9. The molecule has 5 fully saturated rings. The molecule has 4 bridgehead atoms. The zero-order valence-electron chi connectivity index (χ0n) is 23.3. The molecule has 1 saturated heterocycles. The van der Waals surface area contributed by atoms with E-state index in [-0.39, 0.29) is 24.6 Å². The van der Waals surface area contributed by atoms with Crippen LogP contribution in [0, 0.1) is 17.8 Å². The summed E-state index contributed by atoms with van der Waals surface area (Å²) in [6.07, 6.45) is 4.82. The van der Waals surface area contributed by atoms with Gasteiger partial charge in [-0.05, 0) is 107 Å². The van der Waals surface area contributed by atoms with E-state index in [9.17, 15) is 15.0 Å². The molecule has 4 aliphatic carbocycles. The van der Waals surface area contributed by atoms with Crippen molar-refractivity contribution < 1.29 is 19.7 Å². The molecule has 3 N–H and O–H groups in total. The van der Waals surface area contributed by atoms with Crippen molar-refractivity contribution in [3.8, 4) is 5.75 Å². The van der Waals surface area contributed by atoms with Crippen LogP contribution in [0.15, 0.2) is 42.5 Å². The fourth-order valence-corrected chi connectivity index (χ4v) is 7.70. The topological polar surface area (TPSA) is 98.2 Å². The van der Waals surface area contributed by atoms with E-state index in [1.807, 2.05) is 30.3 Å². The quantitative estimate of drug-likeness (QED) is 0.499. The molecule has 7 rings (SSSR count). The highest BCUT2D eigenvalue weighted by molar-refractivity contribution is 5.93. The lowest BCUT2D eigenvalue weighted by Crippen LogP contribution is -2.61. The maximum absolute atomic E-state index is 13.3. The van der Waals surface area contributed by atoms with Crippen molar-refractivity contribution in [3.05, 3.63) is 48.2 Å². The van der Waals surface area contributed by atoms with Crippen molar-refractivity contribution in [2.24, 2.45) is 17.8 Å². The minimum atomic E-state index is -0.866. The maximum atomic E-state index is 13.3. The average Bonchev–Trinajstić information content (AvgIpc) is 2.88. The van der Waals surface area contributed by atoms with Gasteiger partial charge in [-0.25, -0.2) is 4.98 Å². The monoisotopic (exact) mass is 534 g/mol. The van der Waals surface area contributed by atoms with Crippen LogP contribution < -0.4 is 19.9 Å². The zero-order chi connectivity index (χ0) is 27.4. The van der Waals surface area contributed by atoms with Crippen molar-refractivity contribution >= 4 is 17.4 Å². The molecule has 0 radical (unpaired) electrons. The molecule has 8 heteroatoms. The van der Waals surface area contributed by atoms with Crippen LogP contribution in [0.25, 0.3) is 0 Å². The zero-order valence-corrected chi connectivity index (χ0v) is 23.3. The van der Waals surface area contributed by atoms with Gasteiger partial charge in [0, 0.05) is 37.4 Å². The van der Waals surface area contributed by atoms with Gasteiger partial charge in [-0.1, -0.05) is 6.07 Å². The van der Waals surface area contributed by atoms with Gasteiger partial charge in [-0.2, -0.15) is 0 Å². The van der Waals surface area contributed by atoms with Crippen LogP contribution in [0.5, 0.6) is 5.75 Å². The van der Waals surface area contributed by atoms with Crippen LogP contribution in [0.3, 0.4) is 0 Å².